The van der Waals surface area contributed by atoms with E-state index in [0.717, 1.165) is 17.0 Å². The molecule has 3 aromatic carbocycles. The number of methoxy groups -OCH3 is 1. The highest BCUT2D eigenvalue weighted by molar-refractivity contribution is 6.08. The molecule has 8 heteroatoms. The van der Waals surface area contributed by atoms with Crippen LogP contribution >= 0.6 is 0 Å². The first-order valence-electron chi connectivity index (χ1n) is 9.93. The van der Waals surface area contributed by atoms with Gasteiger partial charge in [0.1, 0.15) is 11.4 Å². The average Bonchev–Trinajstić information content (AvgIpc) is 3.43. The Morgan fingerprint density at radius 3 is 2.47 bits per heavy atom. The molecule has 0 unspecified atom stereocenters. The summed E-state index contributed by atoms with van der Waals surface area (Å²) in [7, 11) is 1.60. The van der Waals surface area contributed by atoms with Crippen LogP contribution < -0.4 is 15.7 Å². The Labute approximate surface area is 182 Å². The number of aromatic amines is 2. The molecule has 0 aliphatic carbocycles. The van der Waals surface area contributed by atoms with Crippen molar-refractivity contribution in [2.45, 2.75) is 0 Å². The fraction of sp³-hybridized carbons (Fsp3) is 0.0417. The van der Waals surface area contributed by atoms with Crippen LogP contribution in [0.5, 0.6) is 5.75 Å². The van der Waals surface area contributed by atoms with Crippen molar-refractivity contribution in [1.29, 1.82) is 0 Å². The lowest BCUT2D eigenvalue weighted by molar-refractivity contribution is 0.102. The Morgan fingerprint density at radius 1 is 0.969 bits per heavy atom. The highest BCUT2D eigenvalue weighted by Crippen LogP contribution is 2.27. The van der Waals surface area contributed by atoms with E-state index in [9.17, 15) is 9.59 Å². The lowest BCUT2D eigenvalue weighted by Crippen LogP contribution is -2.12. The summed E-state index contributed by atoms with van der Waals surface area (Å²) in [6.07, 6.45) is 1.71. The summed E-state index contributed by atoms with van der Waals surface area (Å²) in [5.41, 5.74) is 4.14. The molecule has 0 aliphatic rings. The lowest BCUT2D eigenvalue weighted by atomic mass is 10.1. The van der Waals surface area contributed by atoms with Gasteiger partial charge in [0.05, 0.1) is 29.4 Å². The number of ether oxygens (including phenoxy) is 1. The first kappa shape index (κ1) is 19.4. The van der Waals surface area contributed by atoms with Crippen molar-refractivity contribution in [3.8, 4) is 22.7 Å². The molecule has 0 saturated heterocycles. The molecule has 0 saturated carbocycles. The highest BCUT2D eigenvalue weighted by Gasteiger charge is 2.19. The van der Waals surface area contributed by atoms with Gasteiger partial charge in [-0.15, -0.1) is 0 Å². The molecule has 32 heavy (non-hydrogen) atoms. The van der Waals surface area contributed by atoms with Gasteiger partial charge in [-0.3, -0.25) is 4.79 Å². The van der Waals surface area contributed by atoms with Gasteiger partial charge in [-0.25, -0.2) is 9.48 Å². The van der Waals surface area contributed by atoms with Crippen molar-refractivity contribution >= 4 is 22.6 Å². The van der Waals surface area contributed by atoms with Crippen molar-refractivity contribution < 1.29 is 9.53 Å². The molecule has 5 aromatic rings. The fourth-order valence-corrected chi connectivity index (χ4v) is 3.52. The maximum Gasteiger partial charge on any atom is 0.323 e. The van der Waals surface area contributed by atoms with Crippen LogP contribution in [0.2, 0.25) is 0 Å². The Bertz CT molecular complexity index is 1460. The van der Waals surface area contributed by atoms with Crippen molar-refractivity contribution in [1.82, 2.24) is 19.7 Å². The second-order valence-electron chi connectivity index (χ2n) is 7.19. The number of hydrogen-bond acceptors (Lipinski definition) is 4. The Balaban J connectivity index is 1.54. The summed E-state index contributed by atoms with van der Waals surface area (Å²) in [5, 5.41) is 7.59. The Kier molecular flexibility index (Phi) is 4.79. The third-order valence-corrected chi connectivity index (χ3v) is 5.12. The molecule has 0 fully saturated rings. The van der Waals surface area contributed by atoms with E-state index in [4.69, 9.17) is 4.74 Å². The maximum atomic E-state index is 13.2. The van der Waals surface area contributed by atoms with E-state index in [1.807, 2.05) is 54.6 Å². The number of nitrogens with one attached hydrogen (secondary N) is 3. The van der Waals surface area contributed by atoms with Crippen LogP contribution in [-0.4, -0.2) is 32.8 Å². The van der Waals surface area contributed by atoms with Crippen LogP contribution in [0.25, 0.3) is 28.0 Å². The molecular formula is C24H19N5O3. The number of para-hydroxylation sites is 1. The van der Waals surface area contributed by atoms with Crippen molar-refractivity contribution in [3.05, 3.63) is 95.0 Å². The van der Waals surface area contributed by atoms with E-state index in [-0.39, 0.29) is 11.6 Å². The number of H-pyrrole nitrogens is 2. The number of aromatic nitrogens is 4. The minimum atomic E-state index is -0.310. The molecule has 0 spiro atoms. The highest BCUT2D eigenvalue weighted by atomic mass is 16.5. The van der Waals surface area contributed by atoms with Crippen molar-refractivity contribution in [2.75, 3.05) is 12.4 Å². The zero-order valence-electron chi connectivity index (χ0n) is 17.1. The molecule has 2 heterocycles. The minimum absolute atomic E-state index is 0.297. The summed E-state index contributed by atoms with van der Waals surface area (Å²) < 4.78 is 6.92. The second kappa shape index (κ2) is 7.92. The van der Waals surface area contributed by atoms with Gasteiger partial charge in [0, 0.05) is 17.4 Å². The zero-order chi connectivity index (χ0) is 22.1. The van der Waals surface area contributed by atoms with Crippen molar-refractivity contribution in [3.63, 3.8) is 0 Å². The van der Waals surface area contributed by atoms with Crippen LogP contribution in [0.15, 0.2) is 83.8 Å². The number of amides is 1. The first-order chi connectivity index (χ1) is 15.6. The van der Waals surface area contributed by atoms with Crippen LogP contribution in [0.3, 0.4) is 0 Å². The van der Waals surface area contributed by atoms with Gasteiger partial charge in [0.2, 0.25) is 0 Å². The molecule has 0 bridgehead atoms. The third-order valence-electron chi connectivity index (χ3n) is 5.12. The lowest BCUT2D eigenvalue weighted by Gasteiger charge is -2.06. The van der Waals surface area contributed by atoms with Gasteiger partial charge < -0.3 is 20.0 Å². The molecule has 2 aromatic heterocycles. The van der Waals surface area contributed by atoms with Gasteiger partial charge in [0.25, 0.3) is 5.91 Å². The van der Waals surface area contributed by atoms with Crippen LogP contribution in [-0.2, 0) is 0 Å². The second-order valence-corrected chi connectivity index (χ2v) is 7.19. The number of fused-ring (bicyclic) bond motifs is 1. The number of imidazole rings is 1. The topological polar surface area (TPSA) is 105 Å². The van der Waals surface area contributed by atoms with Gasteiger partial charge in [-0.2, -0.15) is 5.10 Å². The fourth-order valence-electron chi connectivity index (χ4n) is 3.52. The number of hydrogen-bond donors (Lipinski definition) is 3. The molecule has 5 rings (SSSR count). The summed E-state index contributed by atoms with van der Waals surface area (Å²) >= 11 is 0. The molecule has 8 nitrogen and oxygen atoms in total. The summed E-state index contributed by atoms with van der Waals surface area (Å²) in [6, 6.07) is 22.2. The smallest absolute Gasteiger partial charge is 0.323 e. The average molecular weight is 425 g/mol. The van der Waals surface area contributed by atoms with Crippen LogP contribution in [0.1, 0.15) is 10.4 Å². The molecular weight excluding hydrogens is 406 g/mol. The largest absolute Gasteiger partial charge is 0.497 e. The number of carbonyl (C=O) groups is 1. The Hall–Kier alpha value is -4.59. The van der Waals surface area contributed by atoms with Crippen molar-refractivity contribution in [2.24, 2.45) is 0 Å². The number of benzene rings is 3. The van der Waals surface area contributed by atoms with E-state index >= 15 is 0 Å². The molecule has 3 N–H and O–H groups in total. The van der Waals surface area contributed by atoms with Crippen LogP contribution in [0, 0.1) is 0 Å². The van der Waals surface area contributed by atoms with Gasteiger partial charge in [0.15, 0.2) is 0 Å². The number of rotatable bonds is 5. The zero-order valence-corrected chi connectivity index (χ0v) is 17.1. The minimum Gasteiger partial charge on any atom is -0.497 e. The SMILES string of the molecule is COc1ccc(-c2nn(-c3ccccc3)cc2C(=O)Nc2ccc3[nH]c(=O)[nH]c3c2)cc1. The van der Waals surface area contributed by atoms with E-state index in [2.05, 4.69) is 20.4 Å². The first-order valence-corrected chi connectivity index (χ1v) is 9.93. The number of carbonyl (C=O) groups excluding carboxylic acids is 1. The third kappa shape index (κ3) is 3.65. The van der Waals surface area contributed by atoms with Crippen LogP contribution in [0.4, 0.5) is 5.69 Å². The normalized spacial score (nSPS) is 10.9. The van der Waals surface area contributed by atoms with E-state index in [0.29, 0.717) is 28.0 Å². The van der Waals surface area contributed by atoms with Gasteiger partial charge >= 0.3 is 5.69 Å². The molecule has 1 amide bonds. The van der Waals surface area contributed by atoms with E-state index in [1.54, 1.807) is 36.2 Å². The van der Waals surface area contributed by atoms with Gasteiger partial charge in [-0.1, -0.05) is 18.2 Å². The van der Waals surface area contributed by atoms with E-state index in [1.165, 1.54) is 0 Å². The quantitative estimate of drug-likeness (QED) is 0.396. The molecule has 0 radical (unpaired) electrons. The molecule has 0 atom stereocenters. The standard InChI is InChI=1S/C24H19N5O3/c1-32-18-10-7-15(8-11-18)22-19(14-29(28-22)17-5-3-2-4-6-17)23(30)25-16-9-12-20-21(13-16)27-24(31)26-20/h2-14H,1H3,(H,25,30)(H2,26,27,31). The van der Waals surface area contributed by atoms with E-state index < -0.39 is 0 Å². The summed E-state index contributed by atoms with van der Waals surface area (Å²) in [4.78, 5) is 30.1. The molecule has 0 aliphatic heterocycles. The predicted octanol–water partition coefficient (Wildman–Crippen LogP) is 3.97. The summed E-state index contributed by atoms with van der Waals surface area (Å²) in [5.74, 6) is 0.409. The maximum absolute atomic E-state index is 13.2. The number of nitrogens with zero attached hydrogens (tertiary/aromatic N) is 2. The van der Waals surface area contributed by atoms with Gasteiger partial charge in [-0.05, 0) is 54.6 Å². The predicted molar refractivity (Wildman–Crippen MR) is 122 cm³/mol. The monoisotopic (exact) mass is 425 g/mol. The molecule has 158 valence electrons. The Morgan fingerprint density at radius 2 is 1.72 bits per heavy atom. The summed E-state index contributed by atoms with van der Waals surface area (Å²) in [6.45, 7) is 0. The number of anilines is 1.